The van der Waals surface area contributed by atoms with E-state index in [1.54, 1.807) is 11.8 Å². The van der Waals surface area contributed by atoms with Crippen LogP contribution in [0, 0.1) is 10.1 Å². The highest BCUT2D eigenvalue weighted by molar-refractivity contribution is 7.90. The van der Waals surface area contributed by atoms with E-state index in [1.807, 2.05) is 6.92 Å². The number of nitrogens with zero attached hydrogens (tertiary/aromatic N) is 2. The number of hydrogen-bond donors (Lipinski definition) is 1. The molecule has 0 spiro atoms. The molecule has 1 atom stereocenters. The standard InChI is InChI=1S/C14H21N3O5S/c1-4-16(11(2)10-23(3,21)22)9-14(18)15-12-5-7-13(8-6-12)17(19)20/h5-8,11H,4,9-10H2,1-3H3,(H,15,18). The van der Waals surface area contributed by atoms with Gasteiger partial charge in [-0.1, -0.05) is 6.92 Å². The fraction of sp³-hybridized carbons (Fsp3) is 0.500. The maximum atomic E-state index is 12.0. The van der Waals surface area contributed by atoms with Crippen LogP contribution in [0.4, 0.5) is 11.4 Å². The third kappa shape index (κ3) is 6.74. The molecule has 1 unspecified atom stereocenters. The molecule has 0 bridgehead atoms. The highest BCUT2D eigenvalue weighted by Gasteiger charge is 2.19. The summed E-state index contributed by atoms with van der Waals surface area (Å²) >= 11 is 0. The predicted molar refractivity (Wildman–Crippen MR) is 88.1 cm³/mol. The van der Waals surface area contributed by atoms with Gasteiger partial charge in [0.15, 0.2) is 0 Å². The lowest BCUT2D eigenvalue weighted by molar-refractivity contribution is -0.384. The lowest BCUT2D eigenvalue weighted by Gasteiger charge is -2.26. The number of benzene rings is 1. The van der Waals surface area contributed by atoms with Crippen LogP contribution in [0.15, 0.2) is 24.3 Å². The molecular formula is C14H21N3O5S. The first-order valence-corrected chi connectivity index (χ1v) is 9.14. The van der Waals surface area contributed by atoms with E-state index in [4.69, 9.17) is 0 Å². The molecule has 0 heterocycles. The Bertz CT molecular complexity index is 657. The number of hydrogen-bond acceptors (Lipinski definition) is 6. The van der Waals surface area contributed by atoms with Crippen molar-refractivity contribution in [3.05, 3.63) is 34.4 Å². The molecule has 9 heteroatoms. The van der Waals surface area contributed by atoms with Crippen molar-refractivity contribution >= 4 is 27.1 Å². The molecule has 128 valence electrons. The summed E-state index contributed by atoms with van der Waals surface area (Å²) in [4.78, 5) is 23.8. The molecule has 0 aliphatic carbocycles. The Kier molecular flexibility index (Phi) is 6.64. The van der Waals surface area contributed by atoms with Gasteiger partial charge in [-0.2, -0.15) is 0 Å². The van der Waals surface area contributed by atoms with E-state index in [0.717, 1.165) is 6.26 Å². The van der Waals surface area contributed by atoms with Gasteiger partial charge in [-0.3, -0.25) is 19.8 Å². The van der Waals surface area contributed by atoms with E-state index in [9.17, 15) is 23.3 Å². The Balaban J connectivity index is 2.64. The maximum absolute atomic E-state index is 12.0. The molecule has 1 aromatic carbocycles. The highest BCUT2D eigenvalue weighted by atomic mass is 32.2. The summed E-state index contributed by atoms with van der Waals surface area (Å²) in [6, 6.07) is 5.23. The molecule has 23 heavy (non-hydrogen) atoms. The average molecular weight is 343 g/mol. The van der Waals surface area contributed by atoms with Crippen molar-refractivity contribution in [3.8, 4) is 0 Å². The Morgan fingerprint density at radius 1 is 1.35 bits per heavy atom. The number of nitro groups is 1. The normalized spacial score (nSPS) is 12.9. The fourth-order valence-corrected chi connectivity index (χ4v) is 3.26. The molecule has 0 radical (unpaired) electrons. The van der Waals surface area contributed by atoms with E-state index in [1.165, 1.54) is 24.3 Å². The van der Waals surface area contributed by atoms with Crippen LogP contribution in [0.3, 0.4) is 0 Å². The van der Waals surface area contributed by atoms with Crippen LogP contribution in [0.1, 0.15) is 13.8 Å². The largest absolute Gasteiger partial charge is 0.325 e. The Morgan fingerprint density at radius 3 is 2.35 bits per heavy atom. The lowest BCUT2D eigenvalue weighted by Crippen LogP contribution is -2.42. The first-order chi connectivity index (χ1) is 10.6. The molecule has 0 fully saturated rings. The van der Waals surface area contributed by atoms with E-state index < -0.39 is 14.8 Å². The van der Waals surface area contributed by atoms with Gasteiger partial charge in [-0.15, -0.1) is 0 Å². The first kappa shape index (κ1) is 19.0. The van der Waals surface area contributed by atoms with Crippen molar-refractivity contribution in [2.75, 3.05) is 30.4 Å². The van der Waals surface area contributed by atoms with E-state index in [0.29, 0.717) is 12.2 Å². The molecule has 1 amide bonds. The SMILES string of the molecule is CCN(CC(=O)Nc1ccc([N+](=O)[O-])cc1)C(C)CS(C)(=O)=O. The quantitative estimate of drug-likeness (QED) is 0.562. The first-order valence-electron chi connectivity index (χ1n) is 7.08. The van der Waals surface area contributed by atoms with Crippen LogP contribution in [-0.2, 0) is 14.6 Å². The molecule has 8 nitrogen and oxygen atoms in total. The number of carbonyl (C=O) groups excluding carboxylic acids is 1. The third-order valence-corrected chi connectivity index (χ3v) is 4.37. The Morgan fingerprint density at radius 2 is 1.91 bits per heavy atom. The van der Waals surface area contributed by atoms with Crippen LogP contribution >= 0.6 is 0 Å². The number of nitrogens with one attached hydrogen (secondary N) is 1. The van der Waals surface area contributed by atoms with Gasteiger partial charge in [0.2, 0.25) is 5.91 Å². The van der Waals surface area contributed by atoms with E-state index in [2.05, 4.69) is 5.32 Å². The van der Waals surface area contributed by atoms with Gasteiger partial charge in [-0.05, 0) is 25.6 Å². The fourth-order valence-electron chi connectivity index (χ4n) is 2.17. The topological polar surface area (TPSA) is 110 Å². The van der Waals surface area contributed by atoms with Crippen LogP contribution < -0.4 is 5.32 Å². The minimum absolute atomic E-state index is 0.0222. The summed E-state index contributed by atoms with van der Waals surface area (Å²) in [6.07, 6.45) is 1.16. The molecule has 0 aliphatic heterocycles. The summed E-state index contributed by atoms with van der Waals surface area (Å²) in [5.41, 5.74) is 0.396. The number of likely N-dealkylation sites (N-methyl/N-ethyl adjacent to an activating group) is 1. The van der Waals surface area contributed by atoms with Gasteiger partial charge in [0.1, 0.15) is 9.84 Å². The van der Waals surface area contributed by atoms with Gasteiger partial charge in [0.05, 0.1) is 17.2 Å². The molecule has 1 N–H and O–H groups in total. The number of nitro benzene ring substituents is 1. The second-order valence-corrected chi connectivity index (χ2v) is 7.54. The second kappa shape index (κ2) is 8.02. The zero-order chi connectivity index (χ0) is 17.6. The van der Waals surface area contributed by atoms with Crippen LogP contribution in [0.5, 0.6) is 0 Å². The summed E-state index contributed by atoms with van der Waals surface area (Å²) < 4.78 is 22.7. The summed E-state index contributed by atoms with van der Waals surface area (Å²) in [5.74, 6) is -0.327. The number of sulfone groups is 1. The average Bonchev–Trinajstić information content (AvgIpc) is 2.43. The molecule has 1 aromatic rings. The van der Waals surface area contributed by atoms with Crippen molar-refractivity contribution in [2.45, 2.75) is 19.9 Å². The number of rotatable bonds is 8. The summed E-state index contributed by atoms with van der Waals surface area (Å²) in [5, 5.41) is 13.2. The highest BCUT2D eigenvalue weighted by Crippen LogP contribution is 2.15. The monoisotopic (exact) mass is 343 g/mol. The smallest absolute Gasteiger partial charge is 0.269 e. The lowest BCUT2D eigenvalue weighted by atomic mass is 10.2. The van der Waals surface area contributed by atoms with Crippen LogP contribution in [-0.4, -0.2) is 55.3 Å². The van der Waals surface area contributed by atoms with Crippen molar-refractivity contribution in [1.82, 2.24) is 4.90 Å². The van der Waals surface area contributed by atoms with Crippen molar-refractivity contribution in [2.24, 2.45) is 0 Å². The number of non-ortho nitro benzene ring substituents is 1. The molecule has 1 rings (SSSR count). The molecule has 0 saturated carbocycles. The van der Waals surface area contributed by atoms with Gasteiger partial charge in [-0.25, -0.2) is 8.42 Å². The van der Waals surface area contributed by atoms with Gasteiger partial charge in [0, 0.05) is 30.1 Å². The Hall–Kier alpha value is -2.00. The zero-order valence-electron chi connectivity index (χ0n) is 13.4. The van der Waals surface area contributed by atoms with Gasteiger partial charge < -0.3 is 5.32 Å². The van der Waals surface area contributed by atoms with Crippen molar-refractivity contribution < 1.29 is 18.1 Å². The van der Waals surface area contributed by atoms with Crippen LogP contribution in [0.2, 0.25) is 0 Å². The number of carbonyl (C=O) groups is 1. The minimum Gasteiger partial charge on any atom is -0.325 e. The summed E-state index contributed by atoms with van der Waals surface area (Å²) in [7, 11) is -3.12. The van der Waals surface area contributed by atoms with Gasteiger partial charge in [0.25, 0.3) is 5.69 Å². The zero-order valence-corrected chi connectivity index (χ0v) is 14.2. The van der Waals surface area contributed by atoms with E-state index >= 15 is 0 Å². The number of amides is 1. The number of anilines is 1. The molecule has 0 saturated heterocycles. The second-order valence-electron chi connectivity index (χ2n) is 5.36. The Labute approximate surface area is 135 Å². The van der Waals surface area contributed by atoms with E-state index in [-0.39, 0.29) is 29.9 Å². The maximum Gasteiger partial charge on any atom is 0.269 e. The van der Waals surface area contributed by atoms with Gasteiger partial charge >= 0.3 is 0 Å². The molecular weight excluding hydrogens is 322 g/mol. The predicted octanol–water partition coefficient (Wildman–Crippen LogP) is 1.29. The molecule has 0 aromatic heterocycles. The van der Waals surface area contributed by atoms with Crippen molar-refractivity contribution in [3.63, 3.8) is 0 Å². The minimum atomic E-state index is -3.12. The summed E-state index contributed by atoms with van der Waals surface area (Å²) in [6.45, 7) is 4.18. The third-order valence-electron chi connectivity index (χ3n) is 3.28. The molecule has 0 aliphatic rings. The van der Waals surface area contributed by atoms with Crippen molar-refractivity contribution in [1.29, 1.82) is 0 Å². The van der Waals surface area contributed by atoms with Crippen LogP contribution in [0.25, 0.3) is 0 Å².